The number of nitrogens with zero attached hydrogens (tertiary/aromatic N) is 1. The van der Waals surface area contributed by atoms with Crippen LogP contribution in [0, 0.1) is 11.6 Å². The number of hydrogen-bond donors (Lipinski definition) is 1. The summed E-state index contributed by atoms with van der Waals surface area (Å²) < 4.78 is 57.5. The molecule has 0 saturated heterocycles. The third-order valence-electron chi connectivity index (χ3n) is 3.72. The van der Waals surface area contributed by atoms with Crippen molar-refractivity contribution in [1.29, 1.82) is 0 Å². The molecule has 1 N–H and O–H groups in total. The first-order chi connectivity index (χ1) is 13.0. The van der Waals surface area contributed by atoms with Gasteiger partial charge >= 0.3 is 0 Å². The number of carbonyl (C=O) groups is 1. The number of nitrogens with one attached hydrogen (secondary N) is 1. The minimum Gasteiger partial charge on any atom is -0.491 e. The number of amides is 1. The number of carbonyl (C=O) groups excluding carboxylic acids is 1. The lowest BCUT2D eigenvalue weighted by Crippen LogP contribution is -2.45. The lowest BCUT2D eigenvalue weighted by molar-refractivity contribution is -0.116. The van der Waals surface area contributed by atoms with Crippen LogP contribution in [0.2, 0.25) is 0 Å². The summed E-state index contributed by atoms with van der Waals surface area (Å²) in [5.41, 5.74) is 0.259. The van der Waals surface area contributed by atoms with Gasteiger partial charge in [0, 0.05) is 17.8 Å². The summed E-state index contributed by atoms with van der Waals surface area (Å²) >= 11 is 0. The van der Waals surface area contributed by atoms with E-state index in [2.05, 4.69) is 5.32 Å². The first-order valence-corrected chi connectivity index (χ1v) is 10.4. The Kier molecular flexibility index (Phi) is 6.60. The summed E-state index contributed by atoms with van der Waals surface area (Å²) in [6.07, 6.45) is 0.828. The second-order valence-electron chi connectivity index (χ2n) is 6.52. The van der Waals surface area contributed by atoms with E-state index in [4.69, 9.17) is 4.74 Å². The van der Waals surface area contributed by atoms with Gasteiger partial charge in [-0.2, -0.15) is 0 Å². The van der Waals surface area contributed by atoms with Crippen LogP contribution in [0.1, 0.15) is 20.8 Å². The SMILES string of the molecule is CC(C)Oc1cccc(NC(=O)C(C)N(c2ccc(F)c(F)c2)S(C)(=O)=O)c1. The molecule has 28 heavy (non-hydrogen) atoms. The van der Waals surface area contributed by atoms with Gasteiger partial charge in [-0.25, -0.2) is 17.2 Å². The van der Waals surface area contributed by atoms with Crippen molar-refractivity contribution in [2.24, 2.45) is 0 Å². The van der Waals surface area contributed by atoms with Gasteiger partial charge in [0.25, 0.3) is 0 Å². The molecule has 0 fully saturated rings. The van der Waals surface area contributed by atoms with Crippen LogP contribution >= 0.6 is 0 Å². The van der Waals surface area contributed by atoms with Gasteiger partial charge < -0.3 is 10.1 Å². The number of hydrogen-bond acceptors (Lipinski definition) is 4. The molecule has 0 aliphatic carbocycles. The molecule has 0 saturated carbocycles. The molecule has 2 aromatic rings. The smallest absolute Gasteiger partial charge is 0.247 e. The Morgan fingerprint density at radius 3 is 2.32 bits per heavy atom. The third-order valence-corrected chi connectivity index (χ3v) is 4.96. The van der Waals surface area contributed by atoms with Crippen LogP contribution in [0.3, 0.4) is 0 Å². The topological polar surface area (TPSA) is 75.7 Å². The van der Waals surface area contributed by atoms with E-state index >= 15 is 0 Å². The molecule has 1 unspecified atom stereocenters. The summed E-state index contributed by atoms with van der Waals surface area (Å²) in [4.78, 5) is 12.6. The van der Waals surface area contributed by atoms with Crippen molar-refractivity contribution < 1.29 is 26.7 Å². The van der Waals surface area contributed by atoms with Crippen LogP contribution < -0.4 is 14.4 Å². The molecule has 0 bridgehead atoms. The highest BCUT2D eigenvalue weighted by atomic mass is 32.2. The highest BCUT2D eigenvalue weighted by Crippen LogP contribution is 2.24. The molecule has 0 heterocycles. The second-order valence-corrected chi connectivity index (χ2v) is 8.38. The first-order valence-electron chi connectivity index (χ1n) is 8.51. The van der Waals surface area contributed by atoms with Crippen LogP contribution in [0.5, 0.6) is 5.75 Å². The van der Waals surface area contributed by atoms with Gasteiger partial charge in [0.15, 0.2) is 11.6 Å². The van der Waals surface area contributed by atoms with Crippen LogP contribution in [0.25, 0.3) is 0 Å². The van der Waals surface area contributed by atoms with Crippen molar-refractivity contribution in [2.45, 2.75) is 32.9 Å². The summed E-state index contributed by atoms with van der Waals surface area (Å²) in [6.45, 7) is 5.07. The number of sulfonamides is 1. The summed E-state index contributed by atoms with van der Waals surface area (Å²) in [7, 11) is -3.95. The van der Waals surface area contributed by atoms with Crippen LogP contribution in [-0.4, -0.2) is 32.7 Å². The molecule has 0 spiro atoms. The number of halogens is 2. The van der Waals surface area contributed by atoms with Gasteiger partial charge in [-0.1, -0.05) is 6.07 Å². The molecule has 2 rings (SSSR count). The summed E-state index contributed by atoms with van der Waals surface area (Å²) in [6, 6.07) is 8.06. The van der Waals surface area contributed by atoms with Gasteiger partial charge in [-0.3, -0.25) is 9.10 Å². The molecule has 1 amide bonds. The minimum absolute atomic E-state index is 0.0565. The lowest BCUT2D eigenvalue weighted by Gasteiger charge is -2.28. The van der Waals surface area contributed by atoms with Crippen molar-refractivity contribution >= 4 is 27.3 Å². The Labute approximate surface area is 163 Å². The van der Waals surface area contributed by atoms with E-state index in [1.807, 2.05) is 13.8 Å². The van der Waals surface area contributed by atoms with Crippen LogP contribution in [0.4, 0.5) is 20.2 Å². The summed E-state index contributed by atoms with van der Waals surface area (Å²) in [5.74, 6) is -2.42. The lowest BCUT2D eigenvalue weighted by atomic mass is 10.2. The van der Waals surface area contributed by atoms with E-state index in [0.29, 0.717) is 11.4 Å². The molecular weight excluding hydrogens is 390 g/mol. The molecular formula is C19H22F2N2O4S. The number of rotatable bonds is 7. The Morgan fingerprint density at radius 1 is 1.07 bits per heavy atom. The molecule has 1 atom stereocenters. The second kappa shape index (κ2) is 8.55. The maximum atomic E-state index is 13.6. The molecule has 0 aliphatic rings. The normalized spacial score (nSPS) is 12.5. The fourth-order valence-corrected chi connectivity index (χ4v) is 3.76. The minimum atomic E-state index is -3.95. The largest absolute Gasteiger partial charge is 0.491 e. The molecule has 152 valence electrons. The van der Waals surface area contributed by atoms with Crippen LogP contribution in [-0.2, 0) is 14.8 Å². The van der Waals surface area contributed by atoms with Crippen molar-refractivity contribution in [3.8, 4) is 5.75 Å². The Bertz CT molecular complexity index is 964. The van der Waals surface area contributed by atoms with Gasteiger partial charge in [-0.15, -0.1) is 0 Å². The molecule has 9 heteroatoms. The Morgan fingerprint density at radius 2 is 1.75 bits per heavy atom. The third kappa shape index (κ3) is 5.41. The van der Waals surface area contributed by atoms with Crippen molar-refractivity contribution in [3.63, 3.8) is 0 Å². The predicted molar refractivity (Wildman–Crippen MR) is 104 cm³/mol. The zero-order chi connectivity index (χ0) is 21.1. The van der Waals surface area contributed by atoms with E-state index in [1.165, 1.54) is 6.92 Å². The molecule has 6 nitrogen and oxygen atoms in total. The van der Waals surface area contributed by atoms with Crippen molar-refractivity contribution in [2.75, 3.05) is 15.9 Å². The van der Waals surface area contributed by atoms with Crippen LogP contribution in [0.15, 0.2) is 42.5 Å². The molecule has 0 aliphatic heterocycles. The van der Waals surface area contributed by atoms with Gasteiger partial charge in [0.2, 0.25) is 15.9 Å². The maximum absolute atomic E-state index is 13.6. The van der Waals surface area contributed by atoms with Gasteiger partial charge in [0.05, 0.1) is 18.0 Å². The Hall–Kier alpha value is -2.68. The number of benzene rings is 2. The standard InChI is InChI=1S/C19H22F2N2O4S/c1-12(2)27-16-7-5-6-14(10-16)22-19(24)13(3)23(28(4,25)26)15-8-9-17(20)18(21)11-15/h5-13H,1-4H3,(H,22,24). The van der Waals surface area contributed by atoms with E-state index in [-0.39, 0.29) is 11.8 Å². The van der Waals surface area contributed by atoms with Crippen molar-refractivity contribution in [3.05, 3.63) is 54.1 Å². The van der Waals surface area contributed by atoms with E-state index in [9.17, 15) is 22.0 Å². The predicted octanol–water partition coefficient (Wildman–Crippen LogP) is 3.55. The quantitative estimate of drug-likeness (QED) is 0.755. The number of ether oxygens (including phenoxy) is 1. The average molecular weight is 412 g/mol. The van der Waals surface area contributed by atoms with E-state index < -0.39 is 33.6 Å². The fourth-order valence-electron chi connectivity index (χ4n) is 2.60. The zero-order valence-corrected chi connectivity index (χ0v) is 16.8. The summed E-state index contributed by atoms with van der Waals surface area (Å²) in [5, 5.41) is 2.61. The van der Waals surface area contributed by atoms with Gasteiger partial charge in [0.1, 0.15) is 11.8 Å². The highest BCUT2D eigenvalue weighted by molar-refractivity contribution is 7.92. The van der Waals surface area contributed by atoms with Crippen molar-refractivity contribution in [1.82, 2.24) is 0 Å². The molecule has 0 aromatic heterocycles. The average Bonchev–Trinajstić information content (AvgIpc) is 2.56. The van der Waals surface area contributed by atoms with E-state index in [1.54, 1.807) is 24.3 Å². The zero-order valence-electron chi connectivity index (χ0n) is 15.9. The number of anilines is 2. The molecule has 2 aromatic carbocycles. The molecule has 0 radical (unpaired) electrons. The highest BCUT2D eigenvalue weighted by Gasteiger charge is 2.30. The van der Waals surface area contributed by atoms with Gasteiger partial charge in [-0.05, 0) is 45.0 Å². The monoisotopic (exact) mass is 412 g/mol. The Balaban J connectivity index is 2.28. The van der Waals surface area contributed by atoms with E-state index in [0.717, 1.165) is 28.8 Å². The first kappa shape index (κ1) is 21.6. The fraction of sp³-hybridized carbons (Fsp3) is 0.316. The maximum Gasteiger partial charge on any atom is 0.247 e.